The van der Waals surface area contributed by atoms with Gasteiger partial charge in [-0.25, -0.2) is 4.79 Å². The largest absolute Gasteiger partial charge is 0.486 e. The molecule has 0 radical (unpaired) electrons. The van der Waals surface area contributed by atoms with Gasteiger partial charge >= 0.3 is 6.09 Å². The molecule has 218 valence electrons. The standard InChI is InChI=1S/C33H40N2O6/c1-23(2)19-29(31(36)22-39-26-15-17-28(18-16-26)41-27-13-9-6-10-14-27)34-32(37)30(20-24(3)4)35-33(38)40-21-25-11-7-5-8-12-25/h5-18,23-24,29-30H,19-22H2,1-4H3,(H,34,37)(H,35,38)/t29-,30-/m0/s1. The van der Waals surface area contributed by atoms with Crippen molar-refractivity contribution < 1.29 is 28.6 Å². The van der Waals surface area contributed by atoms with Crippen LogP contribution >= 0.6 is 0 Å². The maximum absolute atomic E-state index is 13.3. The second-order valence-electron chi connectivity index (χ2n) is 10.7. The van der Waals surface area contributed by atoms with Gasteiger partial charge in [0.1, 0.15) is 36.5 Å². The Morgan fingerprint density at radius 1 is 0.659 bits per heavy atom. The van der Waals surface area contributed by atoms with Crippen LogP contribution in [0.1, 0.15) is 46.1 Å². The third-order valence-electron chi connectivity index (χ3n) is 6.12. The van der Waals surface area contributed by atoms with Crippen molar-refractivity contribution in [3.05, 3.63) is 90.5 Å². The minimum absolute atomic E-state index is 0.0911. The number of amides is 2. The van der Waals surface area contributed by atoms with Gasteiger partial charge < -0.3 is 24.8 Å². The fraction of sp³-hybridized carbons (Fsp3) is 0.364. The van der Waals surface area contributed by atoms with Crippen LogP contribution in [0.15, 0.2) is 84.9 Å². The molecule has 0 fully saturated rings. The maximum atomic E-state index is 13.3. The van der Waals surface area contributed by atoms with E-state index < -0.39 is 24.1 Å². The number of rotatable bonds is 15. The Labute approximate surface area is 242 Å². The number of alkyl carbamates (subject to hydrolysis) is 1. The Bertz CT molecular complexity index is 1230. The molecule has 0 heterocycles. The van der Waals surface area contributed by atoms with Crippen LogP contribution in [0.4, 0.5) is 4.79 Å². The highest BCUT2D eigenvalue weighted by Crippen LogP contribution is 2.23. The summed E-state index contributed by atoms with van der Waals surface area (Å²) in [5.41, 5.74) is 0.841. The number of hydrogen-bond donors (Lipinski definition) is 2. The van der Waals surface area contributed by atoms with Crippen molar-refractivity contribution in [1.29, 1.82) is 0 Å². The molecule has 3 rings (SSSR count). The molecule has 0 spiro atoms. The van der Waals surface area contributed by atoms with E-state index in [9.17, 15) is 14.4 Å². The number of hydrogen-bond acceptors (Lipinski definition) is 6. The number of nitrogens with one attached hydrogen (secondary N) is 2. The van der Waals surface area contributed by atoms with Crippen molar-refractivity contribution >= 4 is 17.8 Å². The van der Waals surface area contributed by atoms with Gasteiger partial charge in [0, 0.05) is 0 Å². The lowest BCUT2D eigenvalue weighted by atomic mass is 9.98. The molecule has 0 saturated carbocycles. The van der Waals surface area contributed by atoms with Gasteiger partial charge in [-0.1, -0.05) is 76.2 Å². The molecule has 8 nitrogen and oxygen atoms in total. The smallest absolute Gasteiger partial charge is 0.408 e. The van der Waals surface area contributed by atoms with Crippen LogP contribution < -0.4 is 20.1 Å². The van der Waals surface area contributed by atoms with Gasteiger partial charge in [0.2, 0.25) is 5.91 Å². The summed E-state index contributed by atoms with van der Waals surface area (Å²) in [5, 5.41) is 5.52. The van der Waals surface area contributed by atoms with E-state index in [4.69, 9.17) is 14.2 Å². The van der Waals surface area contributed by atoms with Crippen molar-refractivity contribution in [3.63, 3.8) is 0 Å². The van der Waals surface area contributed by atoms with Gasteiger partial charge in [-0.2, -0.15) is 0 Å². The molecule has 2 N–H and O–H groups in total. The minimum Gasteiger partial charge on any atom is -0.486 e. The first-order chi connectivity index (χ1) is 19.7. The van der Waals surface area contributed by atoms with E-state index in [0.717, 1.165) is 11.3 Å². The molecule has 0 aromatic heterocycles. The van der Waals surface area contributed by atoms with Gasteiger partial charge in [-0.3, -0.25) is 9.59 Å². The molecule has 0 unspecified atom stereocenters. The fourth-order valence-electron chi connectivity index (χ4n) is 4.11. The van der Waals surface area contributed by atoms with E-state index in [1.54, 1.807) is 24.3 Å². The first-order valence-electron chi connectivity index (χ1n) is 14.0. The Balaban J connectivity index is 1.56. The van der Waals surface area contributed by atoms with Crippen LogP contribution in [0, 0.1) is 11.8 Å². The number of ketones is 1. The Kier molecular flexibility index (Phi) is 12.2. The van der Waals surface area contributed by atoms with Gasteiger partial charge in [-0.15, -0.1) is 0 Å². The monoisotopic (exact) mass is 560 g/mol. The molecule has 0 aliphatic carbocycles. The van der Waals surface area contributed by atoms with E-state index in [2.05, 4.69) is 10.6 Å². The number of para-hydroxylation sites is 1. The number of Topliss-reactive ketones (excluding diaryl/α,β-unsaturated/α-hetero) is 1. The second-order valence-corrected chi connectivity index (χ2v) is 10.7. The first kappa shape index (κ1) is 31.2. The van der Waals surface area contributed by atoms with E-state index in [-0.39, 0.29) is 30.8 Å². The number of benzene rings is 3. The molecule has 0 aliphatic rings. The van der Waals surface area contributed by atoms with Crippen LogP contribution in [0.2, 0.25) is 0 Å². The molecule has 3 aromatic rings. The van der Waals surface area contributed by atoms with Crippen molar-refractivity contribution in [2.75, 3.05) is 6.61 Å². The Morgan fingerprint density at radius 3 is 1.80 bits per heavy atom. The highest BCUT2D eigenvalue weighted by atomic mass is 16.5. The molecule has 3 aromatic carbocycles. The van der Waals surface area contributed by atoms with Gasteiger partial charge in [0.25, 0.3) is 0 Å². The Hall–Kier alpha value is -4.33. The third kappa shape index (κ3) is 11.4. The van der Waals surface area contributed by atoms with E-state index in [1.165, 1.54) is 0 Å². The van der Waals surface area contributed by atoms with Crippen LogP contribution in [-0.4, -0.2) is 36.5 Å². The average Bonchev–Trinajstić information content (AvgIpc) is 2.95. The summed E-state index contributed by atoms with van der Waals surface area (Å²) in [7, 11) is 0. The highest BCUT2D eigenvalue weighted by Gasteiger charge is 2.28. The summed E-state index contributed by atoms with van der Waals surface area (Å²) in [5.74, 6) is 1.45. The number of carbonyl (C=O) groups excluding carboxylic acids is 3. The van der Waals surface area contributed by atoms with E-state index in [0.29, 0.717) is 24.3 Å². The number of carbonyl (C=O) groups is 3. The van der Waals surface area contributed by atoms with Gasteiger partial charge in [0.05, 0.1) is 6.04 Å². The molecule has 2 amide bonds. The maximum Gasteiger partial charge on any atom is 0.408 e. The van der Waals surface area contributed by atoms with E-state index in [1.807, 2.05) is 88.4 Å². The molecule has 8 heteroatoms. The lowest BCUT2D eigenvalue weighted by molar-refractivity contribution is -0.130. The number of ether oxygens (including phenoxy) is 3. The fourth-order valence-corrected chi connectivity index (χ4v) is 4.11. The molecule has 0 saturated heterocycles. The lowest BCUT2D eigenvalue weighted by Crippen LogP contribution is -2.53. The normalized spacial score (nSPS) is 12.3. The molecule has 0 bridgehead atoms. The summed E-state index contributed by atoms with van der Waals surface area (Å²) in [6, 6.07) is 24.1. The predicted molar refractivity (Wildman–Crippen MR) is 158 cm³/mol. The second kappa shape index (κ2) is 16.1. The van der Waals surface area contributed by atoms with E-state index >= 15 is 0 Å². The molecule has 2 atom stereocenters. The molecule has 0 aliphatic heterocycles. The molecular formula is C33H40N2O6. The topological polar surface area (TPSA) is 103 Å². The summed E-state index contributed by atoms with van der Waals surface area (Å²) in [6.45, 7) is 7.74. The van der Waals surface area contributed by atoms with Crippen molar-refractivity contribution in [3.8, 4) is 17.2 Å². The first-order valence-corrected chi connectivity index (χ1v) is 14.0. The third-order valence-corrected chi connectivity index (χ3v) is 6.12. The zero-order valence-corrected chi connectivity index (χ0v) is 24.2. The summed E-state index contributed by atoms with van der Waals surface area (Å²) < 4.78 is 16.8. The van der Waals surface area contributed by atoms with Crippen molar-refractivity contribution in [1.82, 2.24) is 10.6 Å². The zero-order valence-electron chi connectivity index (χ0n) is 24.2. The van der Waals surface area contributed by atoms with Crippen LogP contribution in [0.25, 0.3) is 0 Å². The van der Waals surface area contributed by atoms with Crippen molar-refractivity contribution in [2.24, 2.45) is 11.8 Å². The molecule has 41 heavy (non-hydrogen) atoms. The SMILES string of the molecule is CC(C)C[C@H](NC(=O)[C@H](CC(C)C)NC(=O)OCc1ccccc1)C(=O)COc1ccc(Oc2ccccc2)cc1. The van der Waals surface area contributed by atoms with Crippen LogP contribution in [0.5, 0.6) is 17.2 Å². The summed E-state index contributed by atoms with van der Waals surface area (Å²) in [4.78, 5) is 38.9. The quantitative estimate of drug-likeness (QED) is 0.226. The van der Waals surface area contributed by atoms with Crippen LogP contribution in [-0.2, 0) is 20.9 Å². The molecular weight excluding hydrogens is 520 g/mol. The predicted octanol–water partition coefficient (Wildman–Crippen LogP) is 6.30. The van der Waals surface area contributed by atoms with Gasteiger partial charge in [-0.05, 0) is 66.6 Å². The van der Waals surface area contributed by atoms with Crippen molar-refractivity contribution in [2.45, 2.75) is 59.2 Å². The Morgan fingerprint density at radius 2 is 1.20 bits per heavy atom. The minimum atomic E-state index is -0.848. The van der Waals surface area contributed by atoms with Gasteiger partial charge in [0.15, 0.2) is 5.78 Å². The van der Waals surface area contributed by atoms with Crippen LogP contribution in [0.3, 0.4) is 0 Å². The summed E-state index contributed by atoms with van der Waals surface area (Å²) >= 11 is 0. The lowest BCUT2D eigenvalue weighted by Gasteiger charge is -2.24. The average molecular weight is 561 g/mol. The summed E-state index contributed by atoms with van der Waals surface area (Å²) in [6.07, 6.45) is 0.136. The zero-order chi connectivity index (χ0) is 29.6. The highest BCUT2D eigenvalue weighted by molar-refractivity contribution is 5.92.